The van der Waals surface area contributed by atoms with Crippen molar-refractivity contribution >= 4 is 5.97 Å². The van der Waals surface area contributed by atoms with Crippen molar-refractivity contribution in [1.82, 2.24) is 0 Å². The van der Waals surface area contributed by atoms with Crippen molar-refractivity contribution in [3.05, 3.63) is 28.8 Å². The maximum Gasteiger partial charge on any atom is 0.306 e. The Kier molecular flexibility index (Phi) is 14.4. The van der Waals surface area contributed by atoms with Crippen LogP contribution < -0.4 is 0 Å². The summed E-state index contributed by atoms with van der Waals surface area (Å²) in [6.45, 7) is 11.3. The van der Waals surface area contributed by atoms with E-state index in [-0.39, 0.29) is 11.4 Å². The number of esters is 1. The topological polar surface area (TPSA) is 46.5 Å². The summed E-state index contributed by atoms with van der Waals surface area (Å²) in [5.41, 5.74) is 3.03. The highest BCUT2D eigenvalue weighted by Crippen LogP contribution is 2.32. The first-order valence-corrected chi connectivity index (χ1v) is 13.3. The molecular weight excluding hydrogens is 396 g/mol. The molecule has 0 aliphatic carbocycles. The van der Waals surface area contributed by atoms with E-state index in [2.05, 4.69) is 33.8 Å². The lowest BCUT2D eigenvalue weighted by molar-refractivity contribution is -0.143. The monoisotopic (exact) mass is 446 g/mol. The lowest BCUT2D eigenvalue weighted by Gasteiger charge is -2.22. The Morgan fingerprint density at radius 2 is 1.31 bits per heavy atom. The number of rotatable bonds is 17. The molecule has 32 heavy (non-hydrogen) atoms. The van der Waals surface area contributed by atoms with Gasteiger partial charge in [-0.1, -0.05) is 117 Å². The molecule has 1 rings (SSSR count). The van der Waals surface area contributed by atoms with Crippen LogP contribution in [0.5, 0.6) is 5.75 Å². The number of phenols is 1. The van der Waals surface area contributed by atoms with Gasteiger partial charge in [-0.3, -0.25) is 4.79 Å². The molecule has 0 amide bonds. The van der Waals surface area contributed by atoms with Gasteiger partial charge >= 0.3 is 5.97 Å². The number of carbonyl (C=O) groups excluding carboxylic acids is 1. The van der Waals surface area contributed by atoms with Crippen LogP contribution in [0.2, 0.25) is 0 Å². The number of hydrogen-bond acceptors (Lipinski definition) is 3. The van der Waals surface area contributed by atoms with E-state index in [4.69, 9.17) is 4.74 Å². The second-order valence-electron chi connectivity index (χ2n) is 10.4. The smallest absolute Gasteiger partial charge is 0.306 e. The number of phenolic OH excluding ortho intramolecular Hbond substituents is 1. The van der Waals surface area contributed by atoms with Gasteiger partial charge in [0.15, 0.2) is 0 Å². The van der Waals surface area contributed by atoms with Crippen LogP contribution in [-0.4, -0.2) is 17.7 Å². The van der Waals surface area contributed by atoms with E-state index in [1.54, 1.807) is 0 Å². The van der Waals surface area contributed by atoms with Crippen LogP contribution >= 0.6 is 0 Å². The summed E-state index contributed by atoms with van der Waals surface area (Å²) in [4.78, 5) is 12.2. The molecule has 3 nitrogen and oxygen atoms in total. The molecule has 0 aliphatic heterocycles. The number of ether oxygens (including phenoxy) is 1. The van der Waals surface area contributed by atoms with Crippen molar-refractivity contribution in [3.63, 3.8) is 0 Å². The van der Waals surface area contributed by atoms with Crippen LogP contribution in [0.25, 0.3) is 0 Å². The lowest BCUT2D eigenvalue weighted by atomic mass is 9.84. The van der Waals surface area contributed by atoms with E-state index in [0.717, 1.165) is 30.4 Å². The van der Waals surface area contributed by atoms with Crippen LogP contribution in [0.4, 0.5) is 0 Å². The van der Waals surface area contributed by atoms with Gasteiger partial charge in [0.1, 0.15) is 5.75 Å². The molecule has 1 N–H and O–H groups in total. The van der Waals surface area contributed by atoms with Crippen molar-refractivity contribution in [3.8, 4) is 5.75 Å². The van der Waals surface area contributed by atoms with E-state index in [0.29, 0.717) is 25.2 Å². The largest absolute Gasteiger partial charge is 0.507 e. The number of hydrogen-bond donors (Lipinski definition) is 1. The summed E-state index contributed by atoms with van der Waals surface area (Å²) in [5.74, 6) is 0.181. The first kappa shape index (κ1) is 28.5. The second kappa shape index (κ2) is 16.2. The molecule has 0 spiro atoms. The fourth-order valence-electron chi connectivity index (χ4n) is 4.09. The zero-order valence-electron chi connectivity index (χ0n) is 21.7. The van der Waals surface area contributed by atoms with Gasteiger partial charge in [-0.15, -0.1) is 0 Å². The van der Waals surface area contributed by atoms with E-state index in [1.165, 1.54) is 69.8 Å². The minimum Gasteiger partial charge on any atom is -0.507 e. The second-order valence-corrected chi connectivity index (χ2v) is 10.4. The average Bonchev–Trinajstić information content (AvgIpc) is 2.75. The number of unbranched alkanes of at least 4 members (excludes halogenated alkanes) is 11. The van der Waals surface area contributed by atoms with Crippen molar-refractivity contribution in [2.75, 3.05) is 6.61 Å². The lowest BCUT2D eigenvalue weighted by Crippen LogP contribution is -2.13. The van der Waals surface area contributed by atoms with E-state index < -0.39 is 0 Å². The molecule has 0 bridgehead atoms. The molecule has 1 aromatic carbocycles. The maximum absolute atomic E-state index is 12.2. The van der Waals surface area contributed by atoms with E-state index in [9.17, 15) is 9.90 Å². The third kappa shape index (κ3) is 11.9. The molecule has 0 unspecified atom stereocenters. The Labute approximate surface area is 198 Å². The third-order valence-electron chi connectivity index (χ3n) is 6.37. The predicted octanol–water partition coefficient (Wildman–Crippen LogP) is 8.43. The highest BCUT2D eigenvalue weighted by Gasteiger charge is 2.18. The molecule has 1 aromatic rings. The number of carbonyl (C=O) groups is 1. The maximum atomic E-state index is 12.2. The SMILES string of the molecule is CCCCCCCCCCCCCCOC(=O)CCc1cc(C(C)(C)C)cc(CC)c1O. The van der Waals surface area contributed by atoms with Crippen LogP contribution in [0, 0.1) is 0 Å². The summed E-state index contributed by atoms with van der Waals surface area (Å²) in [6, 6.07) is 4.14. The van der Waals surface area contributed by atoms with Gasteiger partial charge in [0.05, 0.1) is 6.61 Å². The van der Waals surface area contributed by atoms with Crippen LogP contribution in [0.15, 0.2) is 12.1 Å². The molecule has 184 valence electrons. The first-order chi connectivity index (χ1) is 15.3. The third-order valence-corrected chi connectivity index (χ3v) is 6.37. The summed E-state index contributed by atoms with van der Waals surface area (Å²) in [5, 5.41) is 10.5. The summed E-state index contributed by atoms with van der Waals surface area (Å²) >= 11 is 0. The Bertz CT molecular complexity index is 643. The summed E-state index contributed by atoms with van der Waals surface area (Å²) in [6.07, 6.45) is 17.3. The average molecular weight is 447 g/mol. The van der Waals surface area contributed by atoms with Crippen LogP contribution in [-0.2, 0) is 27.8 Å². The van der Waals surface area contributed by atoms with Gasteiger partial charge < -0.3 is 9.84 Å². The molecule has 3 heteroatoms. The zero-order valence-corrected chi connectivity index (χ0v) is 21.7. The van der Waals surface area contributed by atoms with Crippen molar-refractivity contribution in [2.45, 2.75) is 136 Å². The summed E-state index contributed by atoms with van der Waals surface area (Å²) < 4.78 is 5.43. The molecule has 0 saturated carbocycles. The highest BCUT2D eigenvalue weighted by atomic mass is 16.5. The fraction of sp³-hybridized carbons (Fsp3) is 0.759. The van der Waals surface area contributed by atoms with Gasteiger partial charge in [0.2, 0.25) is 0 Å². The standard InChI is InChI=1S/C29H50O3/c1-6-8-9-10-11-12-13-14-15-16-17-18-21-32-27(30)20-19-25-23-26(29(3,4)5)22-24(7-2)28(25)31/h22-23,31H,6-21H2,1-5H3. The Morgan fingerprint density at radius 1 is 0.812 bits per heavy atom. The van der Waals surface area contributed by atoms with Crippen molar-refractivity contribution in [2.24, 2.45) is 0 Å². The Morgan fingerprint density at radius 3 is 1.81 bits per heavy atom. The van der Waals surface area contributed by atoms with Gasteiger partial charge in [-0.25, -0.2) is 0 Å². The first-order valence-electron chi connectivity index (χ1n) is 13.3. The minimum atomic E-state index is -0.160. The quantitative estimate of drug-likeness (QED) is 0.193. The predicted molar refractivity (Wildman–Crippen MR) is 137 cm³/mol. The summed E-state index contributed by atoms with van der Waals surface area (Å²) in [7, 11) is 0. The van der Waals surface area contributed by atoms with Gasteiger partial charge in [0.25, 0.3) is 0 Å². The van der Waals surface area contributed by atoms with E-state index >= 15 is 0 Å². The molecule has 0 radical (unpaired) electrons. The molecule has 0 saturated heterocycles. The normalized spacial score (nSPS) is 11.7. The van der Waals surface area contributed by atoms with E-state index in [1.807, 2.05) is 13.0 Å². The van der Waals surface area contributed by atoms with Crippen LogP contribution in [0.3, 0.4) is 0 Å². The molecule has 0 atom stereocenters. The number of benzene rings is 1. The molecule has 0 aliphatic rings. The minimum absolute atomic E-state index is 0.0154. The van der Waals surface area contributed by atoms with Crippen LogP contribution in [0.1, 0.15) is 135 Å². The van der Waals surface area contributed by atoms with Crippen molar-refractivity contribution in [1.29, 1.82) is 0 Å². The molecular formula is C29H50O3. The Balaban J connectivity index is 2.17. The van der Waals surface area contributed by atoms with Gasteiger partial charge in [-0.05, 0) is 41.4 Å². The zero-order chi connectivity index (χ0) is 23.8. The molecule has 0 heterocycles. The van der Waals surface area contributed by atoms with Gasteiger partial charge in [-0.2, -0.15) is 0 Å². The fourth-order valence-corrected chi connectivity index (χ4v) is 4.09. The molecule has 0 aromatic heterocycles. The number of aryl methyl sites for hydroxylation is 2. The Hall–Kier alpha value is -1.51. The highest BCUT2D eigenvalue weighted by molar-refractivity contribution is 5.70. The number of aromatic hydroxyl groups is 1. The van der Waals surface area contributed by atoms with Gasteiger partial charge in [0, 0.05) is 6.42 Å². The molecule has 0 fully saturated rings. The van der Waals surface area contributed by atoms with Crippen molar-refractivity contribution < 1.29 is 14.6 Å².